The number of nitrogens with one attached hydrogen (secondary N) is 1. The van der Waals surface area contributed by atoms with Crippen LogP contribution in [0, 0.1) is 0 Å². The zero-order chi connectivity index (χ0) is 21.9. The number of piperidine rings is 1. The summed E-state index contributed by atoms with van der Waals surface area (Å²) in [6.07, 6.45) is 1.83. The maximum absolute atomic E-state index is 12.7. The first kappa shape index (κ1) is 21.6. The van der Waals surface area contributed by atoms with Gasteiger partial charge >= 0.3 is 6.09 Å². The Balaban J connectivity index is 1.66. The predicted octanol–water partition coefficient (Wildman–Crippen LogP) is 1.90. The molecule has 3 N–H and O–H groups in total. The standard InChI is InChI=1S/C22H28N4O4/c1-22(2,3)30-21(29)25-13-11-17(23)18(14-25)24-20(28)15-7-9-16(10-8-15)26-12-5-4-6-19(26)27/h4-10,12,17-18H,11,13-14,23H2,1-3H3,(H,24,28)/t17-,18+/m1/s1. The molecule has 0 saturated carbocycles. The van der Waals surface area contributed by atoms with E-state index in [2.05, 4.69) is 5.32 Å². The highest BCUT2D eigenvalue weighted by molar-refractivity contribution is 5.94. The average molecular weight is 412 g/mol. The lowest BCUT2D eigenvalue weighted by Gasteiger charge is -2.37. The molecule has 3 rings (SSSR count). The number of likely N-dealkylation sites (tertiary alicyclic amines) is 1. The van der Waals surface area contributed by atoms with E-state index in [1.807, 2.05) is 20.8 Å². The van der Waals surface area contributed by atoms with Crippen LogP contribution in [-0.2, 0) is 4.74 Å². The second-order valence-electron chi connectivity index (χ2n) is 8.41. The molecule has 0 aliphatic carbocycles. The molecule has 30 heavy (non-hydrogen) atoms. The quantitative estimate of drug-likeness (QED) is 0.801. The van der Waals surface area contributed by atoms with Gasteiger partial charge in [-0.25, -0.2) is 4.79 Å². The molecule has 1 saturated heterocycles. The summed E-state index contributed by atoms with van der Waals surface area (Å²) < 4.78 is 6.92. The Hall–Kier alpha value is -3.13. The molecule has 1 fully saturated rings. The number of nitrogens with two attached hydrogens (primary N) is 1. The van der Waals surface area contributed by atoms with Crippen molar-refractivity contribution in [2.45, 2.75) is 44.9 Å². The van der Waals surface area contributed by atoms with Crippen LogP contribution in [0.1, 0.15) is 37.6 Å². The number of benzene rings is 1. The lowest BCUT2D eigenvalue weighted by molar-refractivity contribution is 0.0172. The minimum absolute atomic E-state index is 0.148. The molecule has 2 amide bonds. The van der Waals surface area contributed by atoms with Crippen LogP contribution in [0.4, 0.5) is 4.79 Å². The number of nitrogens with zero attached hydrogens (tertiary/aromatic N) is 2. The third kappa shape index (κ3) is 5.27. The minimum Gasteiger partial charge on any atom is -0.444 e. The summed E-state index contributed by atoms with van der Waals surface area (Å²) in [5, 5.41) is 2.92. The average Bonchev–Trinajstić information content (AvgIpc) is 2.69. The zero-order valence-corrected chi connectivity index (χ0v) is 17.5. The summed E-state index contributed by atoms with van der Waals surface area (Å²) >= 11 is 0. The van der Waals surface area contributed by atoms with Crippen molar-refractivity contribution in [3.05, 3.63) is 64.6 Å². The number of rotatable bonds is 3. The molecule has 1 aliphatic rings. The van der Waals surface area contributed by atoms with Gasteiger partial charge in [0.2, 0.25) is 0 Å². The van der Waals surface area contributed by atoms with Crippen molar-refractivity contribution in [2.75, 3.05) is 13.1 Å². The number of pyridine rings is 1. The maximum Gasteiger partial charge on any atom is 0.410 e. The van der Waals surface area contributed by atoms with Crippen molar-refractivity contribution in [2.24, 2.45) is 5.73 Å². The molecule has 1 aromatic carbocycles. The molecule has 8 nitrogen and oxygen atoms in total. The van der Waals surface area contributed by atoms with Crippen molar-refractivity contribution in [1.29, 1.82) is 0 Å². The largest absolute Gasteiger partial charge is 0.444 e. The molecule has 1 aliphatic heterocycles. The Morgan fingerprint density at radius 3 is 2.47 bits per heavy atom. The van der Waals surface area contributed by atoms with E-state index < -0.39 is 11.7 Å². The number of ether oxygens (including phenoxy) is 1. The van der Waals surface area contributed by atoms with Crippen LogP contribution in [0.3, 0.4) is 0 Å². The van der Waals surface area contributed by atoms with E-state index in [9.17, 15) is 14.4 Å². The van der Waals surface area contributed by atoms with Gasteiger partial charge < -0.3 is 20.7 Å². The molecular weight excluding hydrogens is 384 g/mol. The van der Waals surface area contributed by atoms with E-state index in [1.54, 1.807) is 47.5 Å². The molecule has 2 aromatic rings. The van der Waals surface area contributed by atoms with Gasteiger partial charge in [0, 0.05) is 42.6 Å². The summed E-state index contributed by atoms with van der Waals surface area (Å²) in [6.45, 7) is 6.22. The second kappa shape index (κ2) is 8.71. The van der Waals surface area contributed by atoms with E-state index in [0.29, 0.717) is 30.8 Å². The highest BCUT2D eigenvalue weighted by atomic mass is 16.6. The Morgan fingerprint density at radius 2 is 1.83 bits per heavy atom. The lowest BCUT2D eigenvalue weighted by atomic mass is 10.00. The Kier molecular flexibility index (Phi) is 6.26. The van der Waals surface area contributed by atoms with Gasteiger partial charge in [0.25, 0.3) is 11.5 Å². The van der Waals surface area contributed by atoms with Crippen molar-refractivity contribution in [3.8, 4) is 5.69 Å². The fourth-order valence-corrected chi connectivity index (χ4v) is 3.28. The van der Waals surface area contributed by atoms with Gasteiger partial charge in [0.1, 0.15) is 5.60 Å². The zero-order valence-electron chi connectivity index (χ0n) is 17.5. The van der Waals surface area contributed by atoms with Crippen LogP contribution in [0.25, 0.3) is 5.69 Å². The normalized spacial score (nSPS) is 19.3. The van der Waals surface area contributed by atoms with E-state index >= 15 is 0 Å². The molecule has 0 radical (unpaired) electrons. The van der Waals surface area contributed by atoms with Crippen molar-refractivity contribution in [1.82, 2.24) is 14.8 Å². The summed E-state index contributed by atoms with van der Waals surface area (Å²) in [7, 11) is 0. The van der Waals surface area contributed by atoms with Crippen LogP contribution < -0.4 is 16.6 Å². The first-order valence-corrected chi connectivity index (χ1v) is 9.96. The lowest BCUT2D eigenvalue weighted by Crippen LogP contribution is -2.59. The molecule has 1 aromatic heterocycles. The SMILES string of the molecule is CC(C)(C)OC(=O)N1CC[C@@H](N)[C@@H](NC(=O)c2ccc(-n3ccccc3=O)cc2)C1. The van der Waals surface area contributed by atoms with Crippen LogP contribution in [0.15, 0.2) is 53.5 Å². The molecule has 160 valence electrons. The highest BCUT2D eigenvalue weighted by Crippen LogP contribution is 2.16. The van der Waals surface area contributed by atoms with E-state index in [4.69, 9.17) is 10.5 Å². The van der Waals surface area contributed by atoms with Crippen LogP contribution in [0.5, 0.6) is 0 Å². The monoisotopic (exact) mass is 412 g/mol. The van der Waals surface area contributed by atoms with Gasteiger partial charge in [0.15, 0.2) is 0 Å². The molecular formula is C22H28N4O4. The van der Waals surface area contributed by atoms with Gasteiger partial charge in [0.05, 0.1) is 6.04 Å². The van der Waals surface area contributed by atoms with Gasteiger partial charge in [-0.3, -0.25) is 14.2 Å². The molecule has 0 unspecified atom stereocenters. The number of carbonyl (C=O) groups excluding carboxylic acids is 2. The number of amides is 2. The summed E-state index contributed by atoms with van der Waals surface area (Å²) in [5.41, 5.74) is 6.56. The number of hydrogen-bond donors (Lipinski definition) is 2. The van der Waals surface area contributed by atoms with Crippen molar-refractivity contribution < 1.29 is 14.3 Å². The van der Waals surface area contributed by atoms with E-state index in [0.717, 1.165) is 0 Å². The van der Waals surface area contributed by atoms with Gasteiger partial charge in [-0.1, -0.05) is 6.07 Å². The van der Waals surface area contributed by atoms with Gasteiger partial charge in [-0.2, -0.15) is 0 Å². The van der Waals surface area contributed by atoms with Gasteiger partial charge in [-0.05, 0) is 57.5 Å². The van der Waals surface area contributed by atoms with Crippen molar-refractivity contribution >= 4 is 12.0 Å². The number of hydrogen-bond acceptors (Lipinski definition) is 5. The van der Waals surface area contributed by atoms with E-state index in [1.165, 1.54) is 10.6 Å². The topological polar surface area (TPSA) is 107 Å². The summed E-state index contributed by atoms with van der Waals surface area (Å²) in [6, 6.07) is 11.0. The second-order valence-corrected chi connectivity index (χ2v) is 8.41. The Morgan fingerprint density at radius 1 is 1.13 bits per heavy atom. The maximum atomic E-state index is 12.7. The third-order valence-electron chi connectivity index (χ3n) is 4.86. The number of aromatic nitrogens is 1. The van der Waals surface area contributed by atoms with Gasteiger partial charge in [-0.15, -0.1) is 0 Å². The van der Waals surface area contributed by atoms with Crippen LogP contribution in [-0.4, -0.2) is 52.2 Å². The number of carbonyl (C=O) groups is 2. The van der Waals surface area contributed by atoms with Crippen LogP contribution >= 0.6 is 0 Å². The Bertz CT molecular complexity index is 962. The summed E-state index contributed by atoms with van der Waals surface area (Å²) in [5.74, 6) is -0.284. The fraction of sp³-hybridized carbons (Fsp3) is 0.409. The first-order valence-electron chi connectivity index (χ1n) is 9.96. The molecule has 0 bridgehead atoms. The smallest absolute Gasteiger partial charge is 0.410 e. The Labute approximate surface area is 175 Å². The van der Waals surface area contributed by atoms with E-state index in [-0.39, 0.29) is 23.6 Å². The van der Waals surface area contributed by atoms with Crippen molar-refractivity contribution in [3.63, 3.8) is 0 Å². The molecule has 0 spiro atoms. The molecule has 8 heteroatoms. The highest BCUT2D eigenvalue weighted by Gasteiger charge is 2.32. The third-order valence-corrected chi connectivity index (χ3v) is 4.86. The molecule has 2 atom stereocenters. The van der Waals surface area contributed by atoms with Crippen LogP contribution in [0.2, 0.25) is 0 Å². The predicted molar refractivity (Wildman–Crippen MR) is 114 cm³/mol. The summed E-state index contributed by atoms with van der Waals surface area (Å²) in [4.78, 5) is 38.6. The minimum atomic E-state index is -0.585. The first-order chi connectivity index (χ1) is 14.1. The molecule has 2 heterocycles. The fourth-order valence-electron chi connectivity index (χ4n) is 3.28.